The first-order valence-electron chi connectivity index (χ1n) is 12.0. The van der Waals surface area contributed by atoms with E-state index in [-0.39, 0.29) is 11.9 Å². The third-order valence-corrected chi connectivity index (χ3v) is 5.95. The Morgan fingerprint density at radius 1 is 1.12 bits per heavy atom. The predicted molar refractivity (Wildman–Crippen MR) is 133 cm³/mol. The summed E-state index contributed by atoms with van der Waals surface area (Å²) >= 11 is 0. The molecule has 0 spiro atoms. The summed E-state index contributed by atoms with van der Waals surface area (Å²) in [6, 6.07) is 9.55. The van der Waals surface area contributed by atoms with E-state index in [4.69, 9.17) is 9.72 Å². The highest BCUT2D eigenvalue weighted by atomic mass is 16.5. The molecule has 0 bridgehead atoms. The van der Waals surface area contributed by atoms with Gasteiger partial charge in [0.25, 0.3) is 0 Å². The number of hydrogen-bond acceptors (Lipinski definition) is 6. The standard InChI is InChI=1S/C25H38N6O2/c1-6-29(7-2)16-17-33-22-11-9-8-10-21(22)27-25(32)31-14-12-30(13-15-31)23-18-20(5)26-24(28-23)19(3)4/h8-11,18-19H,6-7,12-17H2,1-5H3,(H,27,32). The van der Waals surface area contributed by atoms with Crippen LogP contribution in [0.2, 0.25) is 0 Å². The molecule has 0 radical (unpaired) electrons. The highest BCUT2D eigenvalue weighted by Gasteiger charge is 2.23. The normalized spacial score (nSPS) is 14.2. The molecule has 2 amide bonds. The summed E-state index contributed by atoms with van der Waals surface area (Å²) in [7, 11) is 0. The summed E-state index contributed by atoms with van der Waals surface area (Å²) in [5.74, 6) is 2.79. The fourth-order valence-corrected chi connectivity index (χ4v) is 3.85. The Morgan fingerprint density at radius 3 is 2.48 bits per heavy atom. The largest absolute Gasteiger partial charge is 0.490 e. The number of benzene rings is 1. The van der Waals surface area contributed by atoms with Crippen molar-refractivity contribution in [2.45, 2.75) is 40.5 Å². The number of nitrogens with zero attached hydrogens (tertiary/aromatic N) is 5. The maximum Gasteiger partial charge on any atom is 0.322 e. The van der Waals surface area contributed by atoms with Crippen LogP contribution in [0.1, 0.15) is 45.1 Å². The van der Waals surface area contributed by atoms with Gasteiger partial charge in [-0.1, -0.05) is 39.8 Å². The van der Waals surface area contributed by atoms with Crippen LogP contribution in [-0.4, -0.2) is 78.2 Å². The molecule has 2 heterocycles. The van der Waals surface area contributed by atoms with Gasteiger partial charge in [-0.25, -0.2) is 14.8 Å². The molecule has 0 aliphatic carbocycles. The number of likely N-dealkylation sites (N-methyl/N-ethyl adjacent to an activating group) is 1. The van der Waals surface area contributed by atoms with Gasteiger partial charge in [-0.05, 0) is 32.1 Å². The van der Waals surface area contributed by atoms with Crippen molar-refractivity contribution in [2.75, 3.05) is 62.6 Å². The highest BCUT2D eigenvalue weighted by Crippen LogP contribution is 2.25. The number of hydrogen-bond donors (Lipinski definition) is 1. The number of anilines is 2. The van der Waals surface area contributed by atoms with E-state index in [9.17, 15) is 4.79 Å². The Hall–Kier alpha value is -2.87. The molecule has 1 saturated heterocycles. The Balaban J connectivity index is 1.56. The lowest BCUT2D eigenvalue weighted by Crippen LogP contribution is -2.50. The summed E-state index contributed by atoms with van der Waals surface area (Å²) in [6.45, 7) is 16.7. The lowest BCUT2D eigenvalue weighted by Gasteiger charge is -2.35. The Kier molecular flexibility index (Phi) is 8.88. The SMILES string of the molecule is CCN(CC)CCOc1ccccc1NC(=O)N1CCN(c2cc(C)nc(C(C)C)n2)CC1. The number of para-hydroxylation sites is 2. The van der Waals surface area contributed by atoms with Crippen LogP contribution in [0, 0.1) is 6.92 Å². The molecule has 8 heteroatoms. The molecule has 2 aromatic rings. The van der Waals surface area contributed by atoms with Crippen molar-refractivity contribution in [1.82, 2.24) is 19.8 Å². The lowest BCUT2D eigenvalue weighted by molar-refractivity contribution is 0.207. The summed E-state index contributed by atoms with van der Waals surface area (Å²) < 4.78 is 5.98. The van der Waals surface area contributed by atoms with E-state index in [0.717, 1.165) is 50.1 Å². The quantitative estimate of drug-likeness (QED) is 0.618. The van der Waals surface area contributed by atoms with E-state index in [1.165, 1.54) is 0 Å². The monoisotopic (exact) mass is 454 g/mol. The van der Waals surface area contributed by atoms with Crippen molar-refractivity contribution in [3.63, 3.8) is 0 Å². The number of piperazine rings is 1. The number of rotatable bonds is 9. The molecule has 1 aromatic carbocycles. The molecule has 1 aromatic heterocycles. The van der Waals surface area contributed by atoms with E-state index in [1.807, 2.05) is 42.2 Å². The van der Waals surface area contributed by atoms with Gasteiger partial charge in [0.05, 0.1) is 5.69 Å². The third-order valence-electron chi connectivity index (χ3n) is 5.95. The zero-order valence-electron chi connectivity index (χ0n) is 20.7. The number of ether oxygens (including phenoxy) is 1. The number of amides is 2. The van der Waals surface area contributed by atoms with Crippen LogP contribution in [0.15, 0.2) is 30.3 Å². The van der Waals surface area contributed by atoms with Gasteiger partial charge in [0.2, 0.25) is 0 Å². The van der Waals surface area contributed by atoms with Crippen molar-refractivity contribution < 1.29 is 9.53 Å². The number of urea groups is 1. The molecule has 0 atom stereocenters. The molecule has 0 saturated carbocycles. The Labute approximate surface area is 198 Å². The van der Waals surface area contributed by atoms with E-state index in [2.05, 4.69) is 47.8 Å². The van der Waals surface area contributed by atoms with Crippen LogP contribution >= 0.6 is 0 Å². The lowest BCUT2D eigenvalue weighted by atomic mass is 10.2. The first-order valence-corrected chi connectivity index (χ1v) is 12.0. The van der Waals surface area contributed by atoms with Gasteiger partial charge in [0.1, 0.15) is 24.0 Å². The van der Waals surface area contributed by atoms with Gasteiger partial charge in [-0.3, -0.25) is 0 Å². The molecular formula is C25H38N6O2. The molecule has 1 N–H and O–H groups in total. The van der Waals surface area contributed by atoms with Crippen LogP contribution < -0.4 is 15.0 Å². The summed E-state index contributed by atoms with van der Waals surface area (Å²) in [4.78, 5) is 28.6. The van der Waals surface area contributed by atoms with Crippen molar-refractivity contribution in [3.05, 3.63) is 41.9 Å². The topological polar surface area (TPSA) is 73.8 Å². The fraction of sp³-hybridized carbons (Fsp3) is 0.560. The van der Waals surface area contributed by atoms with Gasteiger partial charge in [0.15, 0.2) is 0 Å². The molecule has 33 heavy (non-hydrogen) atoms. The number of carbonyl (C=O) groups excluding carboxylic acids is 1. The van der Waals surface area contributed by atoms with Crippen LogP contribution in [0.3, 0.4) is 0 Å². The van der Waals surface area contributed by atoms with Crippen molar-refractivity contribution >= 4 is 17.5 Å². The fourth-order valence-electron chi connectivity index (χ4n) is 3.85. The van der Waals surface area contributed by atoms with E-state index in [0.29, 0.717) is 31.1 Å². The minimum absolute atomic E-state index is 0.101. The molecule has 8 nitrogen and oxygen atoms in total. The van der Waals surface area contributed by atoms with Crippen molar-refractivity contribution in [2.24, 2.45) is 0 Å². The summed E-state index contributed by atoms with van der Waals surface area (Å²) in [5.41, 5.74) is 1.68. The molecule has 0 unspecified atom stereocenters. The van der Waals surface area contributed by atoms with E-state index >= 15 is 0 Å². The van der Waals surface area contributed by atoms with E-state index < -0.39 is 0 Å². The van der Waals surface area contributed by atoms with Gasteiger partial charge in [0, 0.05) is 50.4 Å². The molecular weight excluding hydrogens is 416 g/mol. The van der Waals surface area contributed by atoms with Crippen molar-refractivity contribution in [1.29, 1.82) is 0 Å². The molecule has 3 rings (SSSR count). The first-order chi connectivity index (χ1) is 15.9. The predicted octanol–water partition coefficient (Wildman–Crippen LogP) is 3.98. The number of aryl methyl sites for hydroxylation is 1. The molecule has 1 fully saturated rings. The molecule has 1 aliphatic rings. The maximum absolute atomic E-state index is 12.9. The second-order valence-corrected chi connectivity index (χ2v) is 8.66. The molecule has 180 valence electrons. The number of carbonyl (C=O) groups is 1. The minimum atomic E-state index is -0.101. The summed E-state index contributed by atoms with van der Waals surface area (Å²) in [6.07, 6.45) is 0. The van der Waals surface area contributed by atoms with Gasteiger partial charge in [-0.15, -0.1) is 0 Å². The second kappa shape index (κ2) is 11.8. The van der Waals surface area contributed by atoms with Crippen LogP contribution in [-0.2, 0) is 0 Å². The highest BCUT2D eigenvalue weighted by molar-refractivity contribution is 5.91. The van der Waals surface area contributed by atoms with Crippen LogP contribution in [0.4, 0.5) is 16.3 Å². The van der Waals surface area contributed by atoms with Crippen LogP contribution in [0.5, 0.6) is 5.75 Å². The first kappa shape index (κ1) is 24.8. The van der Waals surface area contributed by atoms with Crippen molar-refractivity contribution in [3.8, 4) is 5.75 Å². The molecule has 1 aliphatic heterocycles. The third kappa shape index (κ3) is 6.81. The van der Waals surface area contributed by atoms with Crippen LogP contribution in [0.25, 0.3) is 0 Å². The average Bonchev–Trinajstić information content (AvgIpc) is 2.82. The second-order valence-electron chi connectivity index (χ2n) is 8.66. The van der Waals surface area contributed by atoms with Gasteiger partial charge < -0.3 is 24.8 Å². The summed E-state index contributed by atoms with van der Waals surface area (Å²) in [5, 5.41) is 3.04. The van der Waals surface area contributed by atoms with E-state index in [1.54, 1.807) is 0 Å². The Bertz CT molecular complexity index is 908. The Morgan fingerprint density at radius 2 is 1.82 bits per heavy atom. The smallest absolute Gasteiger partial charge is 0.322 e. The zero-order chi connectivity index (χ0) is 23.8. The minimum Gasteiger partial charge on any atom is -0.490 e. The van der Waals surface area contributed by atoms with Gasteiger partial charge in [-0.2, -0.15) is 0 Å². The van der Waals surface area contributed by atoms with Gasteiger partial charge >= 0.3 is 6.03 Å². The zero-order valence-corrected chi connectivity index (χ0v) is 20.7. The number of nitrogens with one attached hydrogen (secondary N) is 1. The maximum atomic E-state index is 12.9. The average molecular weight is 455 g/mol. The number of aromatic nitrogens is 2.